The van der Waals surface area contributed by atoms with Crippen molar-refractivity contribution in [1.29, 1.82) is 0 Å². The normalized spacial score (nSPS) is 14.2. The Morgan fingerprint density at radius 3 is 2.76 bits per heavy atom. The van der Waals surface area contributed by atoms with Gasteiger partial charge in [-0.25, -0.2) is 4.39 Å². The summed E-state index contributed by atoms with van der Waals surface area (Å²) in [5, 5.41) is 5.88. The maximum Gasteiger partial charge on any atom is 0.255 e. The fourth-order valence-corrected chi connectivity index (χ4v) is 2.92. The molecule has 2 aromatic carbocycles. The van der Waals surface area contributed by atoms with Crippen LogP contribution in [0.5, 0.6) is 0 Å². The van der Waals surface area contributed by atoms with E-state index < -0.39 is 11.7 Å². The van der Waals surface area contributed by atoms with Crippen molar-refractivity contribution in [3.8, 4) is 0 Å². The molecule has 0 aromatic heterocycles. The van der Waals surface area contributed by atoms with Crippen molar-refractivity contribution < 1.29 is 14.0 Å². The highest BCUT2D eigenvalue weighted by atomic mass is 35.5. The van der Waals surface area contributed by atoms with Crippen LogP contribution in [0.4, 0.5) is 15.8 Å². The summed E-state index contributed by atoms with van der Waals surface area (Å²) in [6.45, 7) is 3.11. The van der Waals surface area contributed by atoms with E-state index in [2.05, 4.69) is 10.6 Å². The van der Waals surface area contributed by atoms with E-state index in [-0.39, 0.29) is 18.0 Å². The van der Waals surface area contributed by atoms with Crippen molar-refractivity contribution in [2.45, 2.75) is 6.92 Å². The smallest absolute Gasteiger partial charge is 0.255 e. The van der Waals surface area contributed by atoms with Gasteiger partial charge in [0.2, 0.25) is 5.91 Å². The third-order valence-electron chi connectivity index (χ3n) is 4.02. The molecule has 0 radical (unpaired) electrons. The van der Waals surface area contributed by atoms with Gasteiger partial charge in [0.1, 0.15) is 5.82 Å². The zero-order valence-corrected chi connectivity index (χ0v) is 14.4. The van der Waals surface area contributed by atoms with Crippen molar-refractivity contribution in [2.24, 2.45) is 0 Å². The van der Waals surface area contributed by atoms with Gasteiger partial charge in [0, 0.05) is 24.3 Å². The fourth-order valence-electron chi connectivity index (χ4n) is 2.62. The molecule has 25 heavy (non-hydrogen) atoms. The summed E-state index contributed by atoms with van der Waals surface area (Å²) in [7, 11) is 0. The first-order chi connectivity index (χ1) is 11.9. The van der Waals surface area contributed by atoms with Crippen LogP contribution < -0.4 is 15.5 Å². The van der Waals surface area contributed by atoms with Gasteiger partial charge in [-0.2, -0.15) is 0 Å². The summed E-state index contributed by atoms with van der Waals surface area (Å²) < 4.78 is 13.6. The van der Waals surface area contributed by atoms with Crippen molar-refractivity contribution in [3.63, 3.8) is 0 Å². The van der Waals surface area contributed by atoms with Gasteiger partial charge in [-0.3, -0.25) is 9.59 Å². The van der Waals surface area contributed by atoms with Crippen molar-refractivity contribution in [3.05, 3.63) is 58.4 Å². The summed E-state index contributed by atoms with van der Waals surface area (Å²) in [6, 6.07) is 9.40. The predicted octanol–water partition coefficient (Wildman–Crippen LogP) is 2.98. The first-order valence-electron chi connectivity index (χ1n) is 7.83. The van der Waals surface area contributed by atoms with E-state index in [4.69, 9.17) is 11.6 Å². The Balaban J connectivity index is 1.75. The molecule has 1 fully saturated rings. The monoisotopic (exact) mass is 361 g/mol. The van der Waals surface area contributed by atoms with E-state index in [1.54, 1.807) is 37.3 Å². The number of halogens is 2. The minimum absolute atomic E-state index is 0.0545. The number of amides is 2. The average molecular weight is 362 g/mol. The number of benzene rings is 2. The fraction of sp³-hybridized carbons (Fsp3) is 0.222. The number of nitrogens with zero attached hydrogens (tertiary/aromatic N) is 1. The Kier molecular flexibility index (Phi) is 4.90. The highest BCUT2D eigenvalue weighted by Gasteiger charge is 2.19. The van der Waals surface area contributed by atoms with E-state index >= 15 is 0 Å². The van der Waals surface area contributed by atoms with Crippen LogP contribution in [0.3, 0.4) is 0 Å². The highest BCUT2D eigenvalue weighted by Crippen LogP contribution is 2.29. The third-order valence-corrected chi connectivity index (χ3v) is 4.32. The molecule has 1 aliphatic rings. The molecule has 1 saturated heterocycles. The number of nitrogens with one attached hydrogen (secondary N) is 2. The molecule has 2 amide bonds. The Morgan fingerprint density at radius 2 is 2.08 bits per heavy atom. The largest absolute Gasteiger partial charge is 0.359 e. The minimum atomic E-state index is -0.426. The van der Waals surface area contributed by atoms with Crippen LogP contribution in [0.15, 0.2) is 36.4 Å². The van der Waals surface area contributed by atoms with Crippen LogP contribution in [0.25, 0.3) is 0 Å². The van der Waals surface area contributed by atoms with Crippen LogP contribution in [-0.2, 0) is 4.79 Å². The number of carbonyl (C=O) groups is 2. The SMILES string of the molecule is Cc1ccc(C(=O)Nc2ccc(N3CCNC(=O)C3)c(Cl)c2)cc1F. The molecule has 0 spiro atoms. The van der Waals surface area contributed by atoms with Crippen LogP contribution >= 0.6 is 11.6 Å². The highest BCUT2D eigenvalue weighted by molar-refractivity contribution is 6.33. The minimum Gasteiger partial charge on any atom is -0.359 e. The van der Waals surface area contributed by atoms with Gasteiger partial charge in [-0.1, -0.05) is 17.7 Å². The summed E-state index contributed by atoms with van der Waals surface area (Å²) in [4.78, 5) is 25.6. The molecule has 2 N–H and O–H groups in total. The Labute approximate surface area is 149 Å². The second-order valence-corrected chi connectivity index (χ2v) is 6.26. The number of aryl methyl sites for hydroxylation is 1. The van der Waals surface area contributed by atoms with Gasteiger partial charge in [0.05, 0.1) is 17.3 Å². The number of rotatable bonds is 3. The molecule has 1 aliphatic heterocycles. The van der Waals surface area contributed by atoms with Gasteiger partial charge < -0.3 is 15.5 Å². The van der Waals surface area contributed by atoms with Crippen molar-refractivity contribution in [2.75, 3.05) is 29.9 Å². The van der Waals surface area contributed by atoms with Gasteiger partial charge in [0.25, 0.3) is 5.91 Å². The van der Waals surface area contributed by atoms with Gasteiger partial charge in [0.15, 0.2) is 0 Å². The summed E-state index contributed by atoms with van der Waals surface area (Å²) in [5.74, 6) is -0.898. The molecule has 0 saturated carbocycles. The topological polar surface area (TPSA) is 61.4 Å². The van der Waals surface area contributed by atoms with Gasteiger partial charge in [-0.05, 0) is 42.8 Å². The van der Waals surface area contributed by atoms with Crippen LogP contribution in [0.2, 0.25) is 5.02 Å². The number of anilines is 2. The first-order valence-corrected chi connectivity index (χ1v) is 8.20. The summed E-state index contributed by atoms with van der Waals surface area (Å²) in [6.07, 6.45) is 0. The molecule has 0 bridgehead atoms. The zero-order valence-electron chi connectivity index (χ0n) is 13.6. The number of piperazine rings is 1. The van der Waals surface area contributed by atoms with E-state index in [9.17, 15) is 14.0 Å². The van der Waals surface area contributed by atoms with Crippen molar-refractivity contribution in [1.82, 2.24) is 5.32 Å². The van der Waals surface area contributed by atoms with Crippen LogP contribution in [0.1, 0.15) is 15.9 Å². The molecular formula is C18H17ClFN3O2. The number of carbonyl (C=O) groups excluding carboxylic acids is 2. The molecule has 0 unspecified atom stereocenters. The van der Waals surface area contributed by atoms with Crippen LogP contribution in [0, 0.1) is 12.7 Å². The Bertz CT molecular complexity index is 841. The van der Waals surface area contributed by atoms with E-state index in [0.717, 1.165) is 5.69 Å². The lowest BCUT2D eigenvalue weighted by atomic mass is 10.1. The zero-order chi connectivity index (χ0) is 18.0. The predicted molar refractivity (Wildman–Crippen MR) is 95.8 cm³/mol. The molecular weight excluding hydrogens is 345 g/mol. The number of hydrogen-bond donors (Lipinski definition) is 2. The second kappa shape index (κ2) is 7.11. The van der Waals surface area contributed by atoms with Crippen molar-refractivity contribution >= 4 is 34.8 Å². The Hall–Kier alpha value is -2.60. The van der Waals surface area contributed by atoms with Gasteiger partial charge >= 0.3 is 0 Å². The first kappa shape index (κ1) is 17.2. The molecule has 130 valence electrons. The summed E-state index contributed by atoms with van der Waals surface area (Å²) >= 11 is 6.30. The maximum atomic E-state index is 13.6. The molecule has 1 heterocycles. The maximum absolute atomic E-state index is 13.6. The number of hydrogen-bond acceptors (Lipinski definition) is 3. The third kappa shape index (κ3) is 3.91. The molecule has 7 heteroatoms. The summed E-state index contributed by atoms with van der Waals surface area (Å²) in [5.41, 5.74) is 1.95. The molecule has 5 nitrogen and oxygen atoms in total. The standard InChI is InChI=1S/C18H17ClFN3O2/c1-11-2-3-12(8-15(11)20)18(25)22-13-4-5-16(14(19)9-13)23-7-6-21-17(24)10-23/h2-5,8-9H,6-7,10H2,1H3,(H,21,24)(H,22,25). The lowest BCUT2D eigenvalue weighted by molar-refractivity contribution is -0.120. The van der Waals surface area contributed by atoms with E-state index in [0.29, 0.717) is 29.4 Å². The quantitative estimate of drug-likeness (QED) is 0.883. The average Bonchev–Trinajstić information content (AvgIpc) is 2.57. The molecule has 0 aliphatic carbocycles. The molecule has 2 aromatic rings. The van der Waals surface area contributed by atoms with Gasteiger partial charge in [-0.15, -0.1) is 0 Å². The van der Waals surface area contributed by atoms with E-state index in [1.807, 2.05) is 4.90 Å². The molecule has 0 atom stereocenters. The lowest BCUT2D eigenvalue weighted by Crippen LogP contribution is -2.47. The lowest BCUT2D eigenvalue weighted by Gasteiger charge is -2.29. The van der Waals surface area contributed by atoms with E-state index in [1.165, 1.54) is 6.07 Å². The van der Waals surface area contributed by atoms with Crippen LogP contribution in [-0.4, -0.2) is 31.4 Å². The Morgan fingerprint density at radius 1 is 1.28 bits per heavy atom. The molecule has 3 rings (SSSR count). The second-order valence-electron chi connectivity index (χ2n) is 5.86.